The molecule has 1 saturated carbocycles. The van der Waals surface area contributed by atoms with E-state index in [4.69, 9.17) is 5.73 Å². The van der Waals surface area contributed by atoms with Crippen LogP contribution in [0.15, 0.2) is 28.7 Å². The second-order valence-electron chi connectivity index (χ2n) is 6.01. The van der Waals surface area contributed by atoms with Crippen molar-refractivity contribution in [1.82, 2.24) is 5.32 Å². The molecular weight excluding hydrogens is 352 g/mol. The van der Waals surface area contributed by atoms with Gasteiger partial charge in [-0.05, 0) is 37.5 Å². The highest BCUT2D eigenvalue weighted by Crippen LogP contribution is 2.43. The lowest BCUT2D eigenvalue weighted by atomic mass is 9.64. The first-order chi connectivity index (χ1) is 9.44. The lowest BCUT2D eigenvalue weighted by Gasteiger charge is -2.43. The van der Waals surface area contributed by atoms with Crippen LogP contribution in [0, 0.1) is 5.92 Å². The molecule has 2 unspecified atom stereocenters. The zero-order valence-electron chi connectivity index (χ0n) is 12.6. The van der Waals surface area contributed by atoms with Crippen molar-refractivity contribution < 1.29 is 4.79 Å². The van der Waals surface area contributed by atoms with Crippen molar-refractivity contribution in [2.75, 3.05) is 6.54 Å². The Kier molecular flexibility index (Phi) is 6.70. The van der Waals surface area contributed by atoms with Gasteiger partial charge in [0.25, 0.3) is 0 Å². The van der Waals surface area contributed by atoms with Crippen LogP contribution in [0.5, 0.6) is 0 Å². The monoisotopic (exact) mass is 374 g/mol. The molecule has 1 fully saturated rings. The van der Waals surface area contributed by atoms with Crippen LogP contribution >= 0.6 is 28.3 Å². The molecule has 0 radical (unpaired) electrons. The van der Waals surface area contributed by atoms with Crippen molar-refractivity contribution in [2.24, 2.45) is 11.7 Å². The smallest absolute Gasteiger partial charge is 0.224 e. The third-order valence-electron chi connectivity index (χ3n) is 4.57. The Balaban J connectivity index is 0.00000220. The Morgan fingerprint density at radius 2 is 1.90 bits per heavy atom. The average molecular weight is 376 g/mol. The third kappa shape index (κ3) is 4.21. The van der Waals surface area contributed by atoms with Crippen LogP contribution in [-0.2, 0) is 10.2 Å². The summed E-state index contributed by atoms with van der Waals surface area (Å²) in [5, 5.41) is 3.09. The Morgan fingerprint density at radius 3 is 2.33 bits per heavy atom. The molecule has 2 rings (SSSR count). The van der Waals surface area contributed by atoms with E-state index in [1.807, 2.05) is 13.8 Å². The summed E-state index contributed by atoms with van der Waals surface area (Å²) in [5.41, 5.74) is 7.22. The number of amides is 1. The standard InChI is InChI=1S/C16H23BrN2O.ClH/c1-11(12(2)18)15(20)19-10-16(8-3-9-16)13-4-6-14(17)7-5-13;/h4-7,11-12H,3,8-10,18H2,1-2H3,(H,19,20);1H. The number of rotatable bonds is 5. The largest absolute Gasteiger partial charge is 0.355 e. The summed E-state index contributed by atoms with van der Waals surface area (Å²) >= 11 is 3.47. The minimum Gasteiger partial charge on any atom is -0.355 e. The van der Waals surface area contributed by atoms with Crippen LogP contribution in [0.1, 0.15) is 38.7 Å². The summed E-state index contributed by atoms with van der Waals surface area (Å²) in [6.45, 7) is 4.47. The Hall–Kier alpha value is -0.580. The number of nitrogens with one attached hydrogen (secondary N) is 1. The third-order valence-corrected chi connectivity index (χ3v) is 5.10. The molecule has 0 aliphatic heterocycles. The van der Waals surface area contributed by atoms with Crippen molar-refractivity contribution in [2.45, 2.75) is 44.6 Å². The molecule has 0 saturated heterocycles. The van der Waals surface area contributed by atoms with Crippen molar-refractivity contribution in [1.29, 1.82) is 0 Å². The number of carbonyl (C=O) groups excluding carboxylic acids is 1. The van der Waals surface area contributed by atoms with Crippen molar-refractivity contribution >= 4 is 34.2 Å². The topological polar surface area (TPSA) is 55.1 Å². The first-order valence-electron chi connectivity index (χ1n) is 7.24. The van der Waals surface area contributed by atoms with E-state index in [-0.39, 0.29) is 35.7 Å². The van der Waals surface area contributed by atoms with Gasteiger partial charge in [-0.1, -0.05) is 41.4 Å². The number of carbonyl (C=O) groups is 1. The zero-order chi connectivity index (χ0) is 14.8. The maximum absolute atomic E-state index is 12.1. The first-order valence-corrected chi connectivity index (χ1v) is 8.03. The molecule has 1 aromatic rings. The van der Waals surface area contributed by atoms with Crippen LogP contribution in [0.2, 0.25) is 0 Å². The number of hydrogen-bond donors (Lipinski definition) is 2. The van der Waals surface area contributed by atoms with Gasteiger partial charge in [0, 0.05) is 28.4 Å². The van der Waals surface area contributed by atoms with Crippen LogP contribution < -0.4 is 11.1 Å². The lowest BCUT2D eigenvalue weighted by Crippen LogP contribution is -2.48. The van der Waals surface area contributed by atoms with Gasteiger partial charge in [-0.3, -0.25) is 4.79 Å². The fourth-order valence-corrected chi connectivity index (χ4v) is 2.89. The molecule has 1 aliphatic rings. The predicted molar refractivity (Wildman–Crippen MR) is 92.7 cm³/mol. The number of nitrogens with two attached hydrogens (primary N) is 1. The molecule has 0 spiro atoms. The predicted octanol–water partition coefficient (Wildman–Crippen LogP) is 3.39. The maximum Gasteiger partial charge on any atom is 0.224 e. The minimum absolute atomic E-state index is 0. The second-order valence-corrected chi connectivity index (χ2v) is 6.92. The molecule has 21 heavy (non-hydrogen) atoms. The average Bonchev–Trinajstić information content (AvgIpc) is 2.38. The Morgan fingerprint density at radius 1 is 1.33 bits per heavy atom. The van der Waals surface area contributed by atoms with Crippen LogP contribution in [0.3, 0.4) is 0 Å². The molecule has 0 aromatic heterocycles. The second kappa shape index (κ2) is 7.61. The summed E-state index contributed by atoms with van der Waals surface area (Å²) in [5.74, 6) is -0.0829. The zero-order valence-corrected chi connectivity index (χ0v) is 15.0. The van der Waals surface area contributed by atoms with Crippen molar-refractivity contribution in [3.63, 3.8) is 0 Å². The highest BCUT2D eigenvalue weighted by molar-refractivity contribution is 9.10. The van der Waals surface area contributed by atoms with E-state index in [9.17, 15) is 4.79 Å². The van der Waals surface area contributed by atoms with Crippen molar-refractivity contribution in [3.8, 4) is 0 Å². The summed E-state index contributed by atoms with van der Waals surface area (Å²) in [7, 11) is 0. The summed E-state index contributed by atoms with van der Waals surface area (Å²) < 4.78 is 1.09. The number of halogens is 2. The minimum atomic E-state index is -0.142. The van der Waals surface area contributed by atoms with Gasteiger partial charge < -0.3 is 11.1 Å². The summed E-state index contributed by atoms with van der Waals surface area (Å²) in [6.07, 6.45) is 3.51. The van der Waals surface area contributed by atoms with E-state index in [2.05, 4.69) is 45.5 Å². The molecule has 118 valence electrons. The van der Waals surface area contributed by atoms with E-state index in [1.54, 1.807) is 0 Å². The molecule has 3 N–H and O–H groups in total. The van der Waals surface area contributed by atoms with Crippen molar-refractivity contribution in [3.05, 3.63) is 34.3 Å². The van der Waals surface area contributed by atoms with Gasteiger partial charge in [0.1, 0.15) is 0 Å². The SMILES string of the molecule is CC(N)C(C)C(=O)NCC1(c2ccc(Br)cc2)CCC1.Cl. The summed E-state index contributed by atoms with van der Waals surface area (Å²) in [6, 6.07) is 8.35. The van der Waals surface area contributed by atoms with Crippen LogP contribution in [-0.4, -0.2) is 18.5 Å². The van der Waals surface area contributed by atoms with E-state index in [0.29, 0.717) is 6.54 Å². The fourth-order valence-electron chi connectivity index (χ4n) is 2.63. The molecule has 1 amide bonds. The molecule has 5 heteroatoms. The van der Waals surface area contributed by atoms with Gasteiger partial charge in [0.15, 0.2) is 0 Å². The van der Waals surface area contributed by atoms with Gasteiger partial charge in [0.05, 0.1) is 0 Å². The van der Waals surface area contributed by atoms with E-state index in [0.717, 1.165) is 17.3 Å². The molecule has 3 nitrogen and oxygen atoms in total. The van der Waals surface area contributed by atoms with Crippen LogP contribution in [0.25, 0.3) is 0 Å². The normalized spacial score (nSPS) is 18.9. The highest BCUT2D eigenvalue weighted by atomic mass is 79.9. The number of benzene rings is 1. The molecule has 0 bridgehead atoms. The van der Waals surface area contributed by atoms with E-state index >= 15 is 0 Å². The van der Waals surface area contributed by atoms with Gasteiger partial charge in [-0.2, -0.15) is 0 Å². The van der Waals surface area contributed by atoms with Gasteiger partial charge >= 0.3 is 0 Å². The van der Waals surface area contributed by atoms with Gasteiger partial charge in [-0.25, -0.2) is 0 Å². The highest BCUT2D eigenvalue weighted by Gasteiger charge is 2.39. The lowest BCUT2D eigenvalue weighted by molar-refractivity contribution is -0.125. The fraction of sp³-hybridized carbons (Fsp3) is 0.562. The van der Waals surface area contributed by atoms with Gasteiger partial charge in [0.2, 0.25) is 5.91 Å². The molecule has 1 aromatic carbocycles. The van der Waals surface area contributed by atoms with Crippen LogP contribution in [0.4, 0.5) is 0 Å². The molecule has 0 heterocycles. The van der Waals surface area contributed by atoms with Gasteiger partial charge in [-0.15, -0.1) is 12.4 Å². The quantitative estimate of drug-likeness (QED) is 0.829. The molecule has 1 aliphatic carbocycles. The molecular formula is C16H24BrClN2O. The Bertz CT molecular complexity index is 472. The summed E-state index contributed by atoms with van der Waals surface area (Å²) in [4.78, 5) is 12.1. The van der Waals surface area contributed by atoms with E-state index in [1.165, 1.54) is 12.0 Å². The first kappa shape index (κ1) is 18.5. The number of hydrogen-bond acceptors (Lipinski definition) is 2. The van der Waals surface area contributed by atoms with E-state index < -0.39 is 0 Å². The Labute approximate surface area is 141 Å². The molecule has 2 atom stereocenters. The maximum atomic E-state index is 12.1.